The molecule has 3 N–H and O–H groups in total. The molecule has 4 aromatic rings. The lowest BCUT2D eigenvalue weighted by atomic mass is 10.0. The topological polar surface area (TPSA) is 212 Å². The number of allylic oxidation sites excluding steroid dienone is 1. The highest BCUT2D eigenvalue weighted by molar-refractivity contribution is 7.91. The largest absolute Gasteiger partial charge is 0.470 e. The number of fused-ring (bicyclic) bond motifs is 5. The second-order valence-electron chi connectivity index (χ2n) is 16.3. The molecule has 1 aromatic carbocycles. The third-order valence-electron chi connectivity index (χ3n) is 12.0. The van der Waals surface area contributed by atoms with E-state index in [-0.39, 0.29) is 54.7 Å². The average Bonchev–Trinajstić information content (AvgIpc) is 3.82. The van der Waals surface area contributed by atoms with E-state index in [0.29, 0.717) is 42.4 Å². The number of furan rings is 2. The Kier molecular flexibility index (Phi) is 10.3. The van der Waals surface area contributed by atoms with Crippen molar-refractivity contribution in [3.05, 3.63) is 54.6 Å². The molecule has 4 amide bonds. The number of ether oxygens (including phenoxy) is 2. The zero-order chi connectivity index (χ0) is 40.9. The first-order valence-corrected chi connectivity index (χ1v) is 21.9. The van der Waals surface area contributed by atoms with Crippen LogP contribution in [-0.2, 0) is 29.1 Å². The zero-order valence-electron chi connectivity index (χ0n) is 32.2. The summed E-state index contributed by atoms with van der Waals surface area (Å²) >= 11 is 0. The van der Waals surface area contributed by atoms with Crippen LogP contribution in [0.1, 0.15) is 83.5 Å². The summed E-state index contributed by atoms with van der Waals surface area (Å²) in [7, 11) is -3.94. The van der Waals surface area contributed by atoms with Gasteiger partial charge in [-0.2, -0.15) is 4.98 Å². The number of carbonyl (C=O) groups is 4. The van der Waals surface area contributed by atoms with E-state index >= 15 is 0 Å². The maximum absolute atomic E-state index is 14.7. The highest BCUT2D eigenvalue weighted by Gasteiger charge is 2.62. The molecule has 3 saturated carbocycles. The number of benzene rings is 1. The Morgan fingerprint density at radius 3 is 2.59 bits per heavy atom. The van der Waals surface area contributed by atoms with Gasteiger partial charge in [-0.3, -0.25) is 19.1 Å². The number of halogens is 1. The predicted molar refractivity (Wildman–Crippen MR) is 208 cm³/mol. The van der Waals surface area contributed by atoms with Gasteiger partial charge in [0.25, 0.3) is 11.8 Å². The first-order valence-electron chi connectivity index (χ1n) is 20.4. The van der Waals surface area contributed by atoms with Crippen LogP contribution in [0.2, 0.25) is 0 Å². The van der Waals surface area contributed by atoms with Crippen LogP contribution >= 0.6 is 0 Å². The lowest BCUT2D eigenvalue weighted by molar-refractivity contribution is -0.141. The average molecular weight is 833 g/mol. The van der Waals surface area contributed by atoms with Gasteiger partial charge in [-0.05, 0) is 94.5 Å². The summed E-state index contributed by atoms with van der Waals surface area (Å²) in [5.41, 5.74) is -0.878. The van der Waals surface area contributed by atoms with Gasteiger partial charge in [0, 0.05) is 17.7 Å². The molecular weight excluding hydrogens is 788 g/mol. The molecule has 9 rings (SSSR count). The van der Waals surface area contributed by atoms with Gasteiger partial charge < -0.3 is 33.8 Å². The van der Waals surface area contributed by atoms with Crippen molar-refractivity contribution in [1.29, 1.82) is 0 Å². The molecule has 16 nitrogen and oxygen atoms in total. The fourth-order valence-electron chi connectivity index (χ4n) is 8.53. The van der Waals surface area contributed by atoms with E-state index in [1.807, 2.05) is 12.2 Å². The highest BCUT2D eigenvalue weighted by Crippen LogP contribution is 2.46. The fourth-order valence-corrected chi connectivity index (χ4v) is 9.89. The standard InChI is InChI=1S/C41H45FN6O10S/c42-24-14-17-31-28(19-24)33-34(58-31)37(45-35(44-33)32-13-8-18-55-32)56-26-20-30-36(49)46-41(39(51)47-59(53,54)27-15-16-27)21-23(41)9-4-2-1-3-5-12-29(38(50)48(30)22-26)43-40(52)57-25-10-6-7-11-25/h4,8-9,13-14,17-19,23,25-27,29-30H,1-3,5-7,10-12,15-16,20-22H2,(H,43,52)(H,46,49)(H,47,51)/t23-,26-,29+,30+,41-/m1/s1. The third-order valence-corrected chi connectivity index (χ3v) is 13.8. The number of hydrogen-bond acceptors (Lipinski definition) is 12. The Morgan fingerprint density at radius 1 is 1.00 bits per heavy atom. The van der Waals surface area contributed by atoms with Crippen molar-refractivity contribution in [3.63, 3.8) is 0 Å². The lowest BCUT2D eigenvalue weighted by Gasteiger charge is -2.30. The Morgan fingerprint density at radius 2 is 1.81 bits per heavy atom. The van der Waals surface area contributed by atoms with Crippen LogP contribution in [0.4, 0.5) is 9.18 Å². The molecule has 18 heteroatoms. The smallest absolute Gasteiger partial charge is 0.408 e. The number of alkyl carbamates (subject to hydrolysis) is 1. The van der Waals surface area contributed by atoms with Crippen molar-refractivity contribution in [2.24, 2.45) is 5.92 Å². The van der Waals surface area contributed by atoms with E-state index in [2.05, 4.69) is 25.3 Å². The molecule has 2 aliphatic heterocycles. The molecule has 312 valence electrons. The van der Waals surface area contributed by atoms with Crippen LogP contribution in [0.3, 0.4) is 0 Å². The highest BCUT2D eigenvalue weighted by atomic mass is 32.2. The minimum atomic E-state index is -3.94. The van der Waals surface area contributed by atoms with Gasteiger partial charge in [-0.15, -0.1) is 0 Å². The summed E-state index contributed by atoms with van der Waals surface area (Å²) in [4.78, 5) is 66.8. The second-order valence-corrected chi connectivity index (χ2v) is 18.2. The van der Waals surface area contributed by atoms with Crippen molar-refractivity contribution in [2.45, 2.75) is 119 Å². The number of sulfonamides is 1. The van der Waals surface area contributed by atoms with Crippen LogP contribution < -0.4 is 20.1 Å². The van der Waals surface area contributed by atoms with Gasteiger partial charge in [0.05, 0.1) is 18.1 Å². The molecule has 0 radical (unpaired) electrons. The number of nitrogens with zero attached hydrogens (tertiary/aromatic N) is 3. The minimum absolute atomic E-state index is 0.0399. The fraction of sp³-hybridized carbons (Fsp3) is 0.512. The molecule has 0 unspecified atom stereocenters. The quantitative estimate of drug-likeness (QED) is 0.197. The van der Waals surface area contributed by atoms with Crippen LogP contribution in [-0.4, -0.2) is 88.7 Å². The number of aromatic nitrogens is 2. The summed E-state index contributed by atoms with van der Waals surface area (Å²) in [5, 5.41) is 5.35. The second kappa shape index (κ2) is 15.6. The molecule has 5 heterocycles. The molecule has 3 aliphatic carbocycles. The monoisotopic (exact) mass is 832 g/mol. The third kappa shape index (κ3) is 7.98. The normalized spacial score (nSPS) is 26.8. The summed E-state index contributed by atoms with van der Waals surface area (Å²) in [6.07, 6.45) is 10.8. The van der Waals surface area contributed by atoms with Crippen molar-refractivity contribution in [2.75, 3.05) is 6.54 Å². The molecule has 1 saturated heterocycles. The SMILES string of the molecule is O=C(N[C@H]1CCCCCC=C[C@@H]2C[C@@]2(C(=O)NS(=O)(=O)C2CC2)NC(=O)[C@@H]2C[C@@H](Oc3nc(-c4ccco4)nc4c3oc3ccc(F)cc34)CN2C1=O)OC1CCCC1. The van der Waals surface area contributed by atoms with Crippen LogP contribution in [0, 0.1) is 11.7 Å². The summed E-state index contributed by atoms with van der Waals surface area (Å²) in [6.45, 7) is -0.137. The van der Waals surface area contributed by atoms with Gasteiger partial charge in [0.2, 0.25) is 27.4 Å². The number of rotatable bonds is 8. The Bertz CT molecular complexity index is 2430. The van der Waals surface area contributed by atoms with E-state index < -0.39 is 74.5 Å². The number of nitrogens with one attached hydrogen (secondary N) is 3. The van der Waals surface area contributed by atoms with E-state index in [9.17, 15) is 32.0 Å². The summed E-state index contributed by atoms with van der Waals surface area (Å²) in [6, 6.07) is 5.05. The molecule has 0 bridgehead atoms. The van der Waals surface area contributed by atoms with Gasteiger partial charge >= 0.3 is 6.09 Å². The molecule has 5 aliphatic rings. The number of carbonyl (C=O) groups excluding carboxylic acids is 4. The van der Waals surface area contributed by atoms with Crippen molar-refractivity contribution < 1.29 is 50.3 Å². The van der Waals surface area contributed by atoms with Crippen LogP contribution in [0.15, 0.2) is 57.6 Å². The number of amides is 4. The first kappa shape index (κ1) is 39.0. The zero-order valence-corrected chi connectivity index (χ0v) is 33.0. The van der Waals surface area contributed by atoms with Gasteiger partial charge in [-0.25, -0.2) is 22.6 Å². The molecule has 3 aromatic heterocycles. The lowest BCUT2D eigenvalue weighted by Crippen LogP contribution is -2.58. The number of hydrogen-bond donors (Lipinski definition) is 3. The van der Waals surface area contributed by atoms with Gasteiger partial charge in [0.1, 0.15) is 46.7 Å². The van der Waals surface area contributed by atoms with Gasteiger partial charge in [0.15, 0.2) is 11.6 Å². The Hall–Kier alpha value is -5.52. The van der Waals surface area contributed by atoms with Gasteiger partial charge in [-0.1, -0.05) is 25.0 Å². The van der Waals surface area contributed by atoms with Crippen LogP contribution in [0.25, 0.3) is 33.7 Å². The summed E-state index contributed by atoms with van der Waals surface area (Å²) in [5.74, 6) is -2.66. The maximum atomic E-state index is 14.7. The summed E-state index contributed by atoms with van der Waals surface area (Å²) < 4.78 is 66.3. The van der Waals surface area contributed by atoms with E-state index in [4.69, 9.17) is 18.3 Å². The first-order chi connectivity index (χ1) is 28.5. The molecular formula is C41H45FN6O10S. The molecule has 59 heavy (non-hydrogen) atoms. The molecule has 5 atom stereocenters. The maximum Gasteiger partial charge on any atom is 0.408 e. The minimum Gasteiger partial charge on any atom is -0.470 e. The van der Waals surface area contributed by atoms with E-state index in [1.54, 1.807) is 12.1 Å². The Labute approximate surface area is 338 Å². The van der Waals surface area contributed by atoms with E-state index in [1.165, 1.54) is 29.4 Å². The van der Waals surface area contributed by atoms with Crippen molar-refractivity contribution in [1.82, 2.24) is 30.2 Å². The van der Waals surface area contributed by atoms with Crippen molar-refractivity contribution >= 4 is 55.9 Å². The molecule has 0 spiro atoms. The van der Waals surface area contributed by atoms with E-state index in [0.717, 1.165) is 38.5 Å². The van der Waals surface area contributed by atoms with Crippen molar-refractivity contribution in [3.8, 4) is 17.5 Å². The Balaban J connectivity index is 1.05. The predicted octanol–water partition coefficient (Wildman–Crippen LogP) is 5.16. The molecule has 4 fully saturated rings. The van der Waals surface area contributed by atoms with Crippen LogP contribution in [0.5, 0.6) is 5.88 Å².